The Labute approximate surface area is 122 Å². The van der Waals surface area contributed by atoms with Gasteiger partial charge in [-0.2, -0.15) is 0 Å². The van der Waals surface area contributed by atoms with Gasteiger partial charge in [0.25, 0.3) is 0 Å². The normalized spacial score (nSPS) is 22.2. The van der Waals surface area contributed by atoms with E-state index in [4.69, 9.17) is 9.47 Å². The van der Waals surface area contributed by atoms with Gasteiger partial charge in [-0.15, -0.1) is 0 Å². The lowest BCUT2D eigenvalue weighted by molar-refractivity contribution is -0.135. The molecule has 0 aromatic rings. The van der Waals surface area contributed by atoms with Crippen molar-refractivity contribution >= 4 is 6.09 Å². The number of piperidine rings is 1. The minimum absolute atomic E-state index is 0.201. The van der Waals surface area contributed by atoms with E-state index < -0.39 is 11.7 Å². The van der Waals surface area contributed by atoms with Crippen molar-refractivity contribution in [2.45, 2.75) is 77.8 Å². The van der Waals surface area contributed by atoms with E-state index >= 15 is 0 Å². The molecule has 1 aliphatic heterocycles. The van der Waals surface area contributed by atoms with Gasteiger partial charge in [0.1, 0.15) is 5.60 Å². The lowest BCUT2D eigenvalue weighted by Gasteiger charge is -2.41. The summed E-state index contributed by atoms with van der Waals surface area (Å²) in [5.74, 6) is 0. The van der Waals surface area contributed by atoms with Crippen LogP contribution in [0.25, 0.3) is 0 Å². The number of hydrogen-bond donors (Lipinski definition) is 1. The molecule has 5 heteroatoms. The number of carbonyl (C=O) groups is 1. The van der Waals surface area contributed by atoms with E-state index in [0.29, 0.717) is 13.1 Å². The van der Waals surface area contributed by atoms with Crippen LogP contribution in [0, 0.1) is 0 Å². The van der Waals surface area contributed by atoms with Crippen LogP contribution in [-0.4, -0.2) is 52.6 Å². The number of likely N-dealkylation sites (tertiary alicyclic amines) is 1. The molecule has 0 spiro atoms. The molecule has 20 heavy (non-hydrogen) atoms. The molecule has 0 bridgehead atoms. The second kappa shape index (κ2) is 6.31. The fourth-order valence-corrected chi connectivity index (χ4v) is 2.15. The molecule has 1 amide bonds. The van der Waals surface area contributed by atoms with Crippen molar-refractivity contribution in [3.63, 3.8) is 0 Å². The van der Waals surface area contributed by atoms with Crippen LogP contribution in [0.5, 0.6) is 0 Å². The van der Waals surface area contributed by atoms with Crippen LogP contribution >= 0.6 is 0 Å². The highest BCUT2D eigenvalue weighted by Gasteiger charge is 2.36. The Bertz CT molecular complexity index is 327. The van der Waals surface area contributed by atoms with Crippen molar-refractivity contribution in [1.82, 2.24) is 4.90 Å². The maximum Gasteiger partial charge on any atom is 0.410 e. The first-order valence-electron chi connectivity index (χ1n) is 7.36. The number of rotatable bonds is 3. The highest BCUT2D eigenvalue weighted by Crippen LogP contribution is 2.28. The topological polar surface area (TPSA) is 59.0 Å². The third-order valence-electron chi connectivity index (χ3n) is 3.62. The quantitative estimate of drug-likeness (QED) is 0.866. The standard InChI is InChI=1S/C15H29NO4/c1-11(17)12(2)19-15(6)7-9-16(10-8-15)13(18)20-14(3,4)5/h11-12,17H,7-10H2,1-6H3. The fourth-order valence-electron chi connectivity index (χ4n) is 2.15. The number of ether oxygens (including phenoxy) is 2. The number of amides is 1. The minimum Gasteiger partial charge on any atom is -0.444 e. The zero-order valence-electron chi connectivity index (χ0n) is 13.6. The second-order valence-electron chi connectivity index (χ2n) is 6.98. The van der Waals surface area contributed by atoms with Gasteiger partial charge in [-0.1, -0.05) is 0 Å². The van der Waals surface area contributed by atoms with E-state index in [1.54, 1.807) is 11.8 Å². The number of hydrogen-bond acceptors (Lipinski definition) is 4. The average molecular weight is 287 g/mol. The number of aliphatic hydroxyl groups is 1. The molecular formula is C15H29NO4. The molecule has 118 valence electrons. The molecule has 1 saturated heterocycles. The third-order valence-corrected chi connectivity index (χ3v) is 3.62. The second-order valence-corrected chi connectivity index (χ2v) is 6.98. The lowest BCUT2D eigenvalue weighted by Crippen LogP contribution is -2.49. The molecule has 0 aliphatic carbocycles. The summed E-state index contributed by atoms with van der Waals surface area (Å²) in [6.07, 6.45) is 0.555. The summed E-state index contributed by atoms with van der Waals surface area (Å²) >= 11 is 0. The van der Waals surface area contributed by atoms with Crippen LogP contribution in [0.2, 0.25) is 0 Å². The molecule has 1 fully saturated rings. The molecule has 2 unspecified atom stereocenters. The van der Waals surface area contributed by atoms with Gasteiger partial charge in [0, 0.05) is 13.1 Å². The zero-order valence-corrected chi connectivity index (χ0v) is 13.6. The molecule has 1 heterocycles. The molecule has 1 aliphatic rings. The van der Waals surface area contributed by atoms with Crippen molar-refractivity contribution in [3.05, 3.63) is 0 Å². The average Bonchev–Trinajstić information content (AvgIpc) is 2.26. The Morgan fingerprint density at radius 2 is 1.75 bits per heavy atom. The molecule has 0 saturated carbocycles. The van der Waals surface area contributed by atoms with Crippen LogP contribution in [0.4, 0.5) is 4.79 Å². The fraction of sp³-hybridized carbons (Fsp3) is 0.933. The summed E-state index contributed by atoms with van der Waals surface area (Å²) in [7, 11) is 0. The summed E-state index contributed by atoms with van der Waals surface area (Å²) < 4.78 is 11.3. The first-order chi connectivity index (χ1) is 9.02. The molecule has 0 aromatic carbocycles. The van der Waals surface area contributed by atoms with E-state index in [1.807, 2.05) is 34.6 Å². The number of aliphatic hydroxyl groups excluding tert-OH is 1. The summed E-state index contributed by atoms with van der Waals surface area (Å²) in [5, 5.41) is 9.52. The van der Waals surface area contributed by atoms with Crippen LogP contribution < -0.4 is 0 Å². The summed E-state index contributed by atoms with van der Waals surface area (Å²) in [6.45, 7) is 12.5. The molecule has 1 N–H and O–H groups in total. The first-order valence-corrected chi connectivity index (χ1v) is 7.36. The zero-order chi connectivity index (χ0) is 15.6. The maximum atomic E-state index is 12.0. The van der Waals surface area contributed by atoms with Crippen LogP contribution in [0.3, 0.4) is 0 Å². The SMILES string of the molecule is CC(O)C(C)OC1(C)CCN(C(=O)OC(C)(C)C)CC1. The summed E-state index contributed by atoms with van der Waals surface area (Å²) in [6, 6.07) is 0. The summed E-state index contributed by atoms with van der Waals surface area (Å²) in [5.41, 5.74) is -0.746. The molecular weight excluding hydrogens is 258 g/mol. The van der Waals surface area contributed by atoms with Gasteiger partial charge in [0.05, 0.1) is 17.8 Å². The molecule has 1 rings (SSSR count). The lowest BCUT2D eigenvalue weighted by atomic mass is 9.93. The van der Waals surface area contributed by atoms with E-state index in [-0.39, 0.29) is 17.8 Å². The molecule has 2 atom stereocenters. The van der Waals surface area contributed by atoms with Crippen LogP contribution in [-0.2, 0) is 9.47 Å². The molecule has 5 nitrogen and oxygen atoms in total. The maximum absolute atomic E-state index is 12.0. The van der Waals surface area contributed by atoms with Crippen molar-refractivity contribution in [2.24, 2.45) is 0 Å². The Hall–Kier alpha value is -0.810. The smallest absolute Gasteiger partial charge is 0.410 e. The van der Waals surface area contributed by atoms with Gasteiger partial charge in [0.2, 0.25) is 0 Å². The minimum atomic E-state index is -0.490. The van der Waals surface area contributed by atoms with Gasteiger partial charge in [-0.3, -0.25) is 0 Å². The van der Waals surface area contributed by atoms with E-state index in [2.05, 4.69) is 0 Å². The van der Waals surface area contributed by atoms with Crippen molar-refractivity contribution in [1.29, 1.82) is 0 Å². The Morgan fingerprint density at radius 1 is 1.25 bits per heavy atom. The van der Waals surface area contributed by atoms with Gasteiger partial charge in [-0.05, 0) is 54.4 Å². The Balaban J connectivity index is 2.48. The van der Waals surface area contributed by atoms with E-state index in [1.165, 1.54) is 0 Å². The van der Waals surface area contributed by atoms with Crippen LogP contribution in [0.1, 0.15) is 54.4 Å². The van der Waals surface area contributed by atoms with Gasteiger partial charge < -0.3 is 19.5 Å². The van der Waals surface area contributed by atoms with Gasteiger partial charge >= 0.3 is 6.09 Å². The molecule has 0 radical (unpaired) electrons. The van der Waals surface area contributed by atoms with E-state index in [0.717, 1.165) is 12.8 Å². The number of nitrogens with zero attached hydrogens (tertiary/aromatic N) is 1. The third kappa shape index (κ3) is 5.29. The summed E-state index contributed by atoms with van der Waals surface area (Å²) in [4.78, 5) is 13.7. The van der Waals surface area contributed by atoms with E-state index in [9.17, 15) is 9.90 Å². The van der Waals surface area contributed by atoms with Gasteiger partial charge in [0.15, 0.2) is 0 Å². The number of carbonyl (C=O) groups excluding carboxylic acids is 1. The Kier molecular flexibility index (Phi) is 5.44. The van der Waals surface area contributed by atoms with Gasteiger partial charge in [-0.25, -0.2) is 4.79 Å². The predicted octanol–water partition coefficient (Wildman–Crippen LogP) is 2.56. The first kappa shape index (κ1) is 17.2. The van der Waals surface area contributed by atoms with Crippen LogP contribution in [0.15, 0.2) is 0 Å². The van der Waals surface area contributed by atoms with Crippen molar-refractivity contribution < 1.29 is 19.4 Å². The van der Waals surface area contributed by atoms with Crippen molar-refractivity contribution in [3.8, 4) is 0 Å². The van der Waals surface area contributed by atoms with Crippen molar-refractivity contribution in [2.75, 3.05) is 13.1 Å². The highest BCUT2D eigenvalue weighted by atomic mass is 16.6. The Morgan fingerprint density at radius 3 is 2.15 bits per heavy atom. The largest absolute Gasteiger partial charge is 0.444 e. The predicted molar refractivity (Wildman–Crippen MR) is 77.7 cm³/mol. The molecule has 0 aromatic heterocycles. The monoisotopic (exact) mass is 287 g/mol. The highest BCUT2D eigenvalue weighted by molar-refractivity contribution is 5.68.